The number of amides is 1. The number of ether oxygens (including phenoxy) is 1. The average molecular weight is 533 g/mol. The predicted octanol–water partition coefficient (Wildman–Crippen LogP) is 5.00. The van der Waals surface area contributed by atoms with E-state index in [-0.39, 0.29) is 5.91 Å². The van der Waals surface area contributed by atoms with E-state index >= 15 is 0 Å². The number of fused-ring (bicyclic) bond motifs is 1. The fraction of sp³-hybridized carbons (Fsp3) is 0.333. The van der Waals surface area contributed by atoms with E-state index in [0.717, 1.165) is 28.0 Å². The summed E-state index contributed by atoms with van der Waals surface area (Å²) in [4.78, 5) is 22.9. The minimum atomic E-state index is -0.571. The van der Waals surface area contributed by atoms with E-state index in [2.05, 4.69) is 37.2 Å². The molecule has 0 aromatic carbocycles. The lowest BCUT2D eigenvalue weighted by Gasteiger charge is -2.16. The van der Waals surface area contributed by atoms with Crippen LogP contribution in [-0.4, -0.2) is 33.5 Å². The van der Waals surface area contributed by atoms with Crippen LogP contribution in [0.15, 0.2) is 36.7 Å². The Labute approximate surface area is 191 Å². The molecule has 3 aromatic heterocycles. The van der Waals surface area contributed by atoms with Crippen molar-refractivity contribution in [3.63, 3.8) is 0 Å². The summed E-state index contributed by atoms with van der Waals surface area (Å²) in [6.07, 6.45) is 8.45. The van der Waals surface area contributed by atoms with Crippen molar-refractivity contribution < 1.29 is 9.53 Å². The van der Waals surface area contributed by atoms with Crippen LogP contribution in [0.5, 0.6) is 5.88 Å². The van der Waals surface area contributed by atoms with E-state index in [1.165, 1.54) is 28.4 Å². The Morgan fingerprint density at radius 2 is 2.00 bits per heavy atom. The van der Waals surface area contributed by atoms with Crippen molar-refractivity contribution in [2.24, 2.45) is 5.92 Å². The molecule has 1 saturated carbocycles. The van der Waals surface area contributed by atoms with E-state index in [9.17, 15) is 4.79 Å². The molecular formula is C21H20IN5O2S. The molecule has 0 radical (unpaired) electrons. The molecule has 4 heterocycles. The molecule has 3 aromatic rings. The van der Waals surface area contributed by atoms with Crippen molar-refractivity contribution in [2.45, 2.75) is 25.7 Å². The molecule has 1 unspecified atom stereocenters. The molecule has 1 aliphatic heterocycles. The summed E-state index contributed by atoms with van der Waals surface area (Å²) in [5, 5.41) is 10.0. The molecule has 0 spiro atoms. The molecule has 2 aliphatic rings. The van der Waals surface area contributed by atoms with Crippen LogP contribution in [0.2, 0.25) is 0 Å². The van der Waals surface area contributed by atoms with Crippen molar-refractivity contribution in [1.29, 1.82) is 5.26 Å². The van der Waals surface area contributed by atoms with Gasteiger partial charge in [-0.1, -0.05) is 19.3 Å². The first-order valence-corrected chi connectivity index (χ1v) is 13.0. The van der Waals surface area contributed by atoms with Gasteiger partial charge >= 0.3 is 0 Å². The summed E-state index contributed by atoms with van der Waals surface area (Å²) in [6.45, 7) is 0.539. The van der Waals surface area contributed by atoms with Crippen LogP contribution in [0.4, 0.5) is 5.69 Å². The quantitative estimate of drug-likeness (QED) is 0.439. The first-order valence-electron chi connectivity index (χ1n) is 9.69. The van der Waals surface area contributed by atoms with Crippen LogP contribution < -0.4 is 9.64 Å². The Kier molecular flexibility index (Phi) is 6.43. The van der Waals surface area contributed by atoms with Gasteiger partial charge in [-0.05, 0) is 24.6 Å². The zero-order chi connectivity index (χ0) is 21.1. The number of carbonyl (C=O) groups excluding carboxylic acids is 1. The largest absolute Gasteiger partial charge is 0.481 e. The Balaban J connectivity index is 0.000000667. The minimum absolute atomic E-state index is 0.146. The number of aromatic nitrogens is 3. The highest BCUT2D eigenvalue weighted by Gasteiger charge is 2.33. The smallest absolute Gasteiger partial charge is 0.244 e. The van der Waals surface area contributed by atoms with Crippen molar-refractivity contribution >= 4 is 53.0 Å². The molecule has 7 nitrogen and oxygen atoms in total. The summed E-state index contributed by atoms with van der Waals surface area (Å²) in [5.41, 5.74) is 3.44. The molecule has 5 rings (SSSR count). The maximum atomic E-state index is 12.5. The highest BCUT2D eigenvalue weighted by Crippen LogP contribution is 2.39. The Morgan fingerprint density at radius 1 is 1.23 bits per heavy atom. The van der Waals surface area contributed by atoms with Gasteiger partial charge in [-0.3, -0.25) is 8.77 Å². The molecule has 1 saturated heterocycles. The molecule has 2 fully saturated rings. The topological polar surface area (TPSA) is 84.0 Å². The third-order valence-electron chi connectivity index (χ3n) is 4.95. The van der Waals surface area contributed by atoms with Gasteiger partial charge in [0, 0.05) is 66.3 Å². The second kappa shape index (κ2) is 9.22. The maximum absolute atomic E-state index is 12.5. The second-order valence-electron chi connectivity index (χ2n) is 7.07. The summed E-state index contributed by atoms with van der Waals surface area (Å²) >= 11 is 2.21. The zero-order valence-electron chi connectivity index (χ0n) is 16.4. The Bertz CT molecular complexity index is 1120. The van der Waals surface area contributed by atoms with Gasteiger partial charge in [-0.25, -0.2) is 9.97 Å². The van der Waals surface area contributed by atoms with E-state index in [0.29, 0.717) is 18.8 Å². The lowest BCUT2D eigenvalue weighted by molar-refractivity contribution is -0.118. The maximum Gasteiger partial charge on any atom is 0.244 e. The SMILES string of the molecule is C1CC1.COc1cc(-c2cc3c(N4CCC(C#N)C4=O)ccnc3n2SI)ccn1. The summed E-state index contributed by atoms with van der Waals surface area (Å²) < 4.78 is 7.25. The lowest BCUT2D eigenvalue weighted by atomic mass is 10.1. The number of methoxy groups -OCH3 is 1. The Hall–Kier alpha value is -2.32. The van der Waals surface area contributed by atoms with E-state index in [4.69, 9.17) is 10.00 Å². The van der Waals surface area contributed by atoms with Crippen LogP contribution in [0.25, 0.3) is 22.3 Å². The van der Waals surface area contributed by atoms with Gasteiger partial charge in [-0.2, -0.15) is 5.26 Å². The average Bonchev–Trinajstić information content (AvgIpc) is 3.56. The normalized spacial score (nSPS) is 17.4. The van der Waals surface area contributed by atoms with E-state index in [1.807, 2.05) is 28.2 Å². The standard InChI is InChI=1S/C18H14IN5O2S.C3H6/c1-26-16-8-11(2-5-21-16)15-9-13-14(3-6-22-17(13)24(15)27-19)23-7-4-12(10-20)18(23)25;1-2-3-1/h2-3,5-6,8-9,12H,4,7H2,1H3;1-3H2. The number of pyridine rings is 2. The highest BCUT2D eigenvalue weighted by molar-refractivity contribution is 14.2. The minimum Gasteiger partial charge on any atom is -0.481 e. The summed E-state index contributed by atoms with van der Waals surface area (Å²) in [7, 11) is 3.09. The van der Waals surface area contributed by atoms with Crippen LogP contribution in [0.1, 0.15) is 25.7 Å². The number of rotatable bonds is 4. The number of nitriles is 1. The van der Waals surface area contributed by atoms with Crippen molar-refractivity contribution in [2.75, 3.05) is 18.6 Å². The van der Waals surface area contributed by atoms with Gasteiger partial charge in [0.25, 0.3) is 0 Å². The zero-order valence-corrected chi connectivity index (χ0v) is 19.4. The molecular weight excluding hydrogens is 513 g/mol. The lowest BCUT2D eigenvalue weighted by Crippen LogP contribution is -2.26. The fourth-order valence-corrected chi connectivity index (χ4v) is 4.93. The van der Waals surface area contributed by atoms with Crippen molar-refractivity contribution in [1.82, 2.24) is 13.9 Å². The third kappa shape index (κ3) is 4.11. The van der Waals surface area contributed by atoms with Gasteiger partial charge < -0.3 is 9.64 Å². The molecule has 9 heteroatoms. The number of nitrogens with zero attached hydrogens (tertiary/aromatic N) is 5. The molecule has 154 valence electrons. The van der Waals surface area contributed by atoms with Gasteiger partial charge in [0.05, 0.1) is 24.6 Å². The summed E-state index contributed by atoms with van der Waals surface area (Å²) in [5.74, 6) is -0.187. The van der Waals surface area contributed by atoms with Crippen molar-refractivity contribution in [3.8, 4) is 23.2 Å². The first-order chi connectivity index (χ1) is 14.7. The highest BCUT2D eigenvalue weighted by atomic mass is 127. The molecule has 1 atom stereocenters. The monoisotopic (exact) mass is 533 g/mol. The molecule has 30 heavy (non-hydrogen) atoms. The second-order valence-corrected chi connectivity index (χ2v) is 8.75. The van der Waals surface area contributed by atoms with Gasteiger partial charge in [0.15, 0.2) is 5.65 Å². The van der Waals surface area contributed by atoms with Gasteiger partial charge in [0.2, 0.25) is 11.8 Å². The molecule has 0 N–H and O–H groups in total. The first kappa shape index (κ1) is 20.9. The number of anilines is 1. The van der Waals surface area contributed by atoms with Crippen LogP contribution in [0, 0.1) is 17.2 Å². The van der Waals surface area contributed by atoms with Crippen molar-refractivity contribution in [3.05, 3.63) is 36.7 Å². The number of hydrogen-bond acceptors (Lipinski definition) is 6. The van der Waals surface area contributed by atoms with Gasteiger partial charge in [0.1, 0.15) is 5.92 Å². The Morgan fingerprint density at radius 3 is 2.63 bits per heavy atom. The van der Waals surface area contributed by atoms with Crippen LogP contribution in [0.3, 0.4) is 0 Å². The van der Waals surface area contributed by atoms with Crippen LogP contribution >= 0.6 is 30.3 Å². The van der Waals surface area contributed by atoms with E-state index in [1.54, 1.807) is 24.4 Å². The fourth-order valence-electron chi connectivity index (χ4n) is 3.29. The molecule has 0 bridgehead atoms. The van der Waals surface area contributed by atoms with E-state index < -0.39 is 5.92 Å². The van der Waals surface area contributed by atoms with Crippen LogP contribution in [-0.2, 0) is 4.79 Å². The van der Waals surface area contributed by atoms with Gasteiger partial charge in [-0.15, -0.1) is 0 Å². The molecule has 1 aliphatic carbocycles. The predicted molar refractivity (Wildman–Crippen MR) is 126 cm³/mol. The number of hydrogen-bond donors (Lipinski definition) is 0. The number of carbonyl (C=O) groups is 1. The number of halogens is 1. The molecule has 1 amide bonds. The summed E-state index contributed by atoms with van der Waals surface area (Å²) in [6, 6.07) is 9.72. The third-order valence-corrected chi connectivity index (χ3v) is 6.64.